The topological polar surface area (TPSA) is 60.8 Å². The van der Waals surface area contributed by atoms with Crippen molar-refractivity contribution in [1.82, 2.24) is 4.98 Å². The highest BCUT2D eigenvalue weighted by atomic mass is 35.5. The molecule has 1 unspecified atom stereocenters. The molecule has 0 bridgehead atoms. The molecule has 2 rings (SSSR count). The van der Waals surface area contributed by atoms with Crippen LogP contribution < -0.4 is 5.73 Å². The van der Waals surface area contributed by atoms with E-state index in [1.54, 1.807) is 0 Å². The maximum Gasteiger partial charge on any atom is 0.155 e. The largest absolute Gasteiger partial charge is 0.378 e. The number of rotatable bonds is 3. The van der Waals surface area contributed by atoms with Gasteiger partial charge in [-0.1, -0.05) is 11.6 Å². The Bertz CT molecular complexity index is 647. The molecule has 0 fully saturated rings. The lowest BCUT2D eigenvalue weighted by Crippen LogP contribution is -2.59. The van der Waals surface area contributed by atoms with Gasteiger partial charge in [0.05, 0.1) is 10.7 Å². The predicted molar refractivity (Wildman–Crippen MR) is 71.9 cm³/mol. The van der Waals surface area contributed by atoms with Gasteiger partial charge in [0, 0.05) is 5.56 Å². The molecule has 0 aliphatic rings. The second-order valence-electron chi connectivity index (χ2n) is 4.68. The lowest BCUT2D eigenvalue weighted by atomic mass is 10.0. The monoisotopic (exact) mass is 299 g/mol. The van der Waals surface area contributed by atoms with E-state index in [9.17, 15) is 13.9 Å². The molecule has 1 heterocycles. The molecule has 106 valence electrons. The van der Waals surface area contributed by atoms with Crippen LogP contribution in [0.1, 0.15) is 12.6 Å². The third-order valence-corrected chi connectivity index (χ3v) is 3.35. The van der Waals surface area contributed by atoms with E-state index in [-0.39, 0.29) is 17.3 Å². The van der Waals surface area contributed by atoms with Crippen molar-refractivity contribution in [1.29, 1.82) is 0 Å². The highest BCUT2D eigenvalue weighted by Gasteiger charge is 2.29. The number of halogens is 3. The summed E-state index contributed by atoms with van der Waals surface area (Å²) in [5, 5.41) is 10.1. The molecule has 20 heavy (non-hydrogen) atoms. The Morgan fingerprint density at radius 2 is 1.90 bits per heavy atom. The van der Waals surface area contributed by atoms with E-state index in [1.165, 1.54) is 37.3 Å². The SMILES string of the molecule is CC(O)(C[NH3+])c1nc(-c2ccc(F)c(Cl)c2)ccc1F. The predicted octanol–water partition coefficient (Wildman–Crippen LogP) is 2.13. The molecular weight excluding hydrogens is 286 g/mol. The third kappa shape index (κ3) is 2.80. The summed E-state index contributed by atoms with van der Waals surface area (Å²) in [6.45, 7) is 1.51. The number of nitrogens with zero attached hydrogens (tertiary/aromatic N) is 1. The molecule has 0 aliphatic heterocycles. The standard InChI is InChI=1S/C14H13ClF2N2O/c1-14(20,7-18)13-11(17)4-5-12(19-13)8-2-3-10(16)9(15)6-8/h2-6,20H,7,18H2,1H3/p+1. The Morgan fingerprint density at radius 1 is 1.25 bits per heavy atom. The van der Waals surface area contributed by atoms with Crippen LogP contribution in [0.3, 0.4) is 0 Å². The van der Waals surface area contributed by atoms with Crippen LogP contribution in [0.5, 0.6) is 0 Å². The number of aromatic nitrogens is 1. The van der Waals surface area contributed by atoms with Crippen LogP contribution in [0.25, 0.3) is 11.3 Å². The first-order chi connectivity index (χ1) is 9.35. The van der Waals surface area contributed by atoms with Crippen molar-refractivity contribution in [3.63, 3.8) is 0 Å². The van der Waals surface area contributed by atoms with Crippen LogP contribution in [0.2, 0.25) is 5.02 Å². The summed E-state index contributed by atoms with van der Waals surface area (Å²) in [6.07, 6.45) is 0. The highest BCUT2D eigenvalue weighted by Crippen LogP contribution is 2.27. The average molecular weight is 300 g/mol. The van der Waals surface area contributed by atoms with E-state index in [0.29, 0.717) is 11.3 Å². The molecule has 0 saturated heterocycles. The molecule has 0 spiro atoms. The number of hydrogen-bond acceptors (Lipinski definition) is 2. The van der Waals surface area contributed by atoms with Crippen molar-refractivity contribution in [2.24, 2.45) is 0 Å². The molecule has 2 aromatic rings. The van der Waals surface area contributed by atoms with E-state index in [1.807, 2.05) is 0 Å². The van der Waals surface area contributed by atoms with E-state index >= 15 is 0 Å². The first-order valence-corrected chi connectivity index (χ1v) is 6.37. The summed E-state index contributed by atoms with van der Waals surface area (Å²) >= 11 is 5.72. The molecule has 4 N–H and O–H groups in total. The van der Waals surface area contributed by atoms with Crippen molar-refractivity contribution < 1.29 is 19.6 Å². The molecule has 0 aliphatic carbocycles. The molecule has 0 radical (unpaired) electrons. The minimum atomic E-state index is -1.47. The zero-order valence-corrected chi connectivity index (χ0v) is 11.6. The Kier molecular flexibility index (Phi) is 4.04. The Hall–Kier alpha value is -1.56. The van der Waals surface area contributed by atoms with Gasteiger partial charge in [0.2, 0.25) is 0 Å². The van der Waals surface area contributed by atoms with Gasteiger partial charge in [0.1, 0.15) is 23.9 Å². The maximum atomic E-state index is 13.8. The maximum absolute atomic E-state index is 13.8. The Balaban J connectivity index is 2.54. The zero-order valence-electron chi connectivity index (χ0n) is 10.8. The van der Waals surface area contributed by atoms with Crippen LogP contribution in [0.4, 0.5) is 8.78 Å². The fourth-order valence-electron chi connectivity index (χ4n) is 1.75. The summed E-state index contributed by atoms with van der Waals surface area (Å²) in [5.74, 6) is -1.15. The average Bonchev–Trinajstić information content (AvgIpc) is 2.42. The lowest BCUT2D eigenvalue weighted by molar-refractivity contribution is -0.400. The minimum absolute atomic E-state index is 0.0425. The van der Waals surface area contributed by atoms with Crippen LogP contribution in [0.15, 0.2) is 30.3 Å². The molecule has 0 saturated carbocycles. The van der Waals surface area contributed by atoms with Gasteiger partial charge in [-0.2, -0.15) is 0 Å². The van der Waals surface area contributed by atoms with Crippen molar-refractivity contribution in [3.8, 4) is 11.3 Å². The van der Waals surface area contributed by atoms with Crippen LogP contribution >= 0.6 is 11.6 Å². The number of benzene rings is 1. The highest BCUT2D eigenvalue weighted by molar-refractivity contribution is 6.31. The van der Waals surface area contributed by atoms with Gasteiger partial charge >= 0.3 is 0 Å². The van der Waals surface area contributed by atoms with Crippen molar-refractivity contribution >= 4 is 11.6 Å². The van der Waals surface area contributed by atoms with Crippen molar-refractivity contribution in [2.75, 3.05) is 6.54 Å². The molecule has 3 nitrogen and oxygen atoms in total. The quantitative estimate of drug-likeness (QED) is 0.912. The van der Waals surface area contributed by atoms with Crippen LogP contribution in [0, 0.1) is 11.6 Å². The van der Waals surface area contributed by atoms with Gasteiger partial charge in [-0.3, -0.25) is 0 Å². The third-order valence-electron chi connectivity index (χ3n) is 3.06. The van der Waals surface area contributed by atoms with Crippen molar-refractivity contribution in [2.45, 2.75) is 12.5 Å². The van der Waals surface area contributed by atoms with E-state index in [0.717, 1.165) is 0 Å². The smallest absolute Gasteiger partial charge is 0.155 e. The van der Waals surface area contributed by atoms with E-state index < -0.39 is 17.2 Å². The van der Waals surface area contributed by atoms with Gasteiger partial charge in [-0.25, -0.2) is 13.8 Å². The summed E-state index contributed by atoms with van der Waals surface area (Å²) in [5.41, 5.74) is 2.95. The number of aliphatic hydroxyl groups is 1. The molecule has 0 amide bonds. The van der Waals surface area contributed by atoms with Gasteiger partial charge in [-0.05, 0) is 37.3 Å². The van der Waals surface area contributed by atoms with Gasteiger partial charge < -0.3 is 10.8 Å². The summed E-state index contributed by atoms with van der Waals surface area (Å²) in [7, 11) is 0. The number of hydrogen-bond donors (Lipinski definition) is 2. The Labute approximate surface area is 120 Å². The molecule has 6 heteroatoms. The Morgan fingerprint density at radius 3 is 2.50 bits per heavy atom. The first kappa shape index (κ1) is 14.8. The molecular formula is C14H14ClF2N2O+. The van der Waals surface area contributed by atoms with Crippen molar-refractivity contribution in [3.05, 3.63) is 52.7 Å². The van der Waals surface area contributed by atoms with Crippen LogP contribution in [-0.4, -0.2) is 16.6 Å². The first-order valence-electron chi connectivity index (χ1n) is 5.99. The number of pyridine rings is 1. The van der Waals surface area contributed by atoms with Crippen LogP contribution in [-0.2, 0) is 5.60 Å². The second kappa shape index (κ2) is 5.44. The van der Waals surface area contributed by atoms with Gasteiger partial charge in [0.15, 0.2) is 5.60 Å². The summed E-state index contributed by atoms with van der Waals surface area (Å²) < 4.78 is 26.9. The molecule has 1 aromatic carbocycles. The summed E-state index contributed by atoms with van der Waals surface area (Å²) in [6, 6.07) is 6.76. The lowest BCUT2D eigenvalue weighted by Gasteiger charge is -2.19. The fraction of sp³-hybridized carbons (Fsp3) is 0.214. The van der Waals surface area contributed by atoms with Gasteiger partial charge in [0.25, 0.3) is 0 Å². The van der Waals surface area contributed by atoms with E-state index in [2.05, 4.69) is 10.7 Å². The fourth-order valence-corrected chi connectivity index (χ4v) is 1.94. The molecule has 1 atom stereocenters. The number of quaternary nitrogens is 1. The normalized spacial score (nSPS) is 14.1. The minimum Gasteiger partial charge on any atom is -0.378 e. The van der Waals surface area contributed by atoms with Gasteiger partial charge in [-0.15, -0.1) is 0 Å². The zero-order chi connectivity index (χ0) is 14.9. The van der Waals surface area contributed by atoms with E-state index in [4.69, 9.17) is 11.6 Å². The molecule has 1 aromatic heterocycles. The second-order valence-corrected chi connectivity index (χ2v) is 5.09. The summed E-state index contributed by atoms with van der Waals surface area (Å²) in [4.78, 5) is 4.11.